The van der Waals surface area contributed by atoms with E-state index in [9.17, 15) is 29.4 Å². The number of hydrogen-bond donors (Lipinski definition) is 2. The molecular formula is C30H34O6. The molecule has 6 nitrogen and oxygen atoms in total. The summed E-state index contributed by atoms with van der Waals surface area (Å²) in [6.07, 6.45) is 1.09. The predicted octanol–water partition coefficient (Wildman–Crippen LogP) is 3.99. The zero-order valence-corrected chi connectivity index (χ0v) is 22.0. The third kappa shape index (κ3) is 3.15. The summed E-state index contributed by atoms with van der Waals surface area (Å²) in [5, 5.41) is 22.7. The van der Waals surface area contributed by atoms with Gasteiger partial charge in [-0.25, -0.2) is 0 Å². The Morgan fingerprint density at radius 1 is 1.17 bits per heavy atom. The van der Waals surface area contributed by atoms with Crippen molar-refractivity contribution in [2.45, 2.75) is 73.3 Å². The summed E-state index contributed by atoms with van der Waals surface area (Å²) in [5.74, 6) is 0.365. The number of carbonyl (C=O) groups excluding carboxylic acids is 4. The normalized spacial score (nSPS) is 33.5. The second-order valence-electron chi connectivity index (χ2n) is 11.5. The Kier molecular flexibility index (Phi) is 5.96. The molecule has 0 amide bonds. The fraction of sp³-hybridized carbons (Fsp3) is 0.533. The smallest absolute Gasteiger partial charge is 0.192 e. The van der Waals surface area contributed by atoms with E-state index < -0.39 is 51.4 Å². The molecule has 190 valence electrons. The lowest BCUT2D eigenvalue weighted by atomic mass is 9.41. The van der Waals surface area contributed by atoms with Gasteiger partial charge < -0.3 is 10.2 Å². The number of hydrogen-bond acceptors (Lipinski definition) is 6. The van der Waals surface area contributed by atoms with Crippen molar-refractivity contribution in [1.82, 2.24) is 0 Å². The quantitative estimate of drug-likeness (QED) is 0.369. The molecule has 0 radical (unpaired) electrons. The third-order valence-corrected chi connectivity index (χ3v) is 8.71. The number of aromatic hydroxyl groups is 1. The van der Waals surface area contributed by atoms with Crippen LogP contribution in [0.5, 0.6) is 5.75 Å². The van der Waals surface area contributed by atoms with Crippen LogP contribution in [0.4, 0.5) is 0 Å². The number of rotatable bonds is 2. The highest BCUT2D eigenvalue weighted by Crippen LogP contribution is 2.64. The van der Waals surface area contributed by atoms with Crippen LogP contribution in [0.15, 0.2) is 23.3 Å². The minimum atomic E-state index is -2.52. The van der Waals surface area contributed by atoms with Gasteiger partial charge in [-0.3, -0.25) is 19.2 Å². The Bertz CT molecular complexity index is 1320. The van der Waals surface area contributed by atoms with E-state index in [-0.39, 0.29) is 30.1 Å². The van der Waals surface area contributed by atoms with Gasteiger partial charge in [0.2, 0.25) is 0 Å². The van der Waals surface area contributed by atoms with Crippen molar-refractivity contribution in [3.05, 3.63) is 40.0 Å². The van der Waals surface area contributed by atoms with Gasteiger partial charge in [-0.15, -0.1) is 0 Å². The van der Waals surface area contributed by atoms with Crippen LogP contribution >= 0.6 is 0 Å². The molecular weight excluding hydrogens is 456 g/mol. The molecule has 2 unspecified atom stereocenters. The molecule has 1 aromatic carbocycles. The number of benzene rings is 1. The van der Waals surface area contributed by atoms with Crippen molar-refractivity contribution in [3.63, 3.8) is 0 Å². The van der Waals surface area contributed by atoms with Crippen molar-refractivity contribution in [3.8, 4) is 17.6 Å². The molecule has 1 fully saturated rings. The molecule has 5 atom stereocenters. The maximum absolute atomic E-state index is 14.2. The van der Waals surface area contributed by atoms with Crippen LogP contribution in [0, 0.1) is 40.4 Å². The maximum Gasteiger partial charge on any atom is 0.192 e. The number of aliphatic hydroxyl groups is 1. The van der Waals surface area contributed by atoms with Gasteiger partial charge in [0.25, 0.3) is 0 Å². The summed E-state index contributed by atoms with van der Waals surface area (Å²) >= 11 is 0. The first-order chi connectivity index (χ1) is 16.7. The number of fused-ring (bicyclic) bond motifs is 3. The Morgan fingerprint density at radius 3 is 2.36 bits per heavy atom. The Balaban J connectivity index is 2.02. The molecule has 0 heterocycles. The molecule has 0 spiro atoms. The fourth-order valence-electron chi connectivity index (χ4n) is 7.64. The summed E-state index contributed by atoms with van der Waals surface area (Å²) in [5.41, 5.74) is -2.18. The molecule has 0 aliphatic heterocycles. The highest BCUT2D eigenvalue weighted by Gasteiger charge is 2.73. The van der Waals surface area contributed by atoms with Crippen LogP contribution in [-0.2, 0) is 20.8 Å². The molecule has 3 aliphatic carbocycles. The van der Waals surface area contributed by atoms with E-state index in [1.54, 1.807) is 19.9 Å². The van der Waals surface area contributed by atoms with Gasteiger partial charge in [0, 0.05) is 17.4 Å². The Morgan fingerprint density at radius 2 is 1.81 bits per heavy atom. The van der Waals surface area contributed by atoms with Crippen LogP contribution in [0.3, 0.4) is 0 Å². The number of carbonyl (C=O) groups is 4. The second-order valence-corrected chi connectivity index (χ2v) is 11.5. The average molecular weight is 491 g/mol. The van der Waals surface area contributed by atoms with Gasteiger partial charge in [0.15, 0.2) is 23.0 Å². The van der Waals surface area contributed by atoms with E-state index in [1.165, 1.54) is 13.0 Å². The standard InChI is InChI=1S/C30H34O6/c1-8-9-10-18-11-12-20(32)22-19(18)13-28(6)14-29(7)23(15(2)3)16(4)21(17(5)31)26(34)30(29,36)27(35)24(28)25(22)33/h11-12,15,21,24,32,36H,8,13-14H2,1-7H3/t21?,24?,28-,29-,30+/m0/s1. The van der Waals surface area contributed by atoms with Crippen LogP contribution in [0.25, 0.3) is 0 Å². The number of phenolic OH excluding ortho intramolecular Hbond substituents is 1. The molecule has 3 aliphatic rings. The lowest BCUT2D eigenvalue weighted by molar-refractivity contribution is -0.183. The van der Waals surface area contributed by atoms with E-state index in [2.05, 4.69) is 11.8 Å². The van der Waals surface area contributed by atoms with Crippen molar-refractivity contribution in [2.24, 2.45) is 28.6 Å². The lowest BCUT2D eigenvalue weighted by Crippen LogP contribution is -2.73. The lowest BCUT2D eigenvalue weighted by Gasteiger charge is -2.60. The first-order valence-corrected chi connectivity index (χ1v) is 12.6. The molecule has 36 heavy (non-hydrogen) atoms. The van der Waals surface area contributed by atoms with E-state index in [0.717, 1.165) is 5.57 Å². The first-order valence-electron chi connectivity index (χ1n) is 12.6. The van der Waals surface area contributed by atoms with Crippen molar-refractivity contribution < 1.29 is 29.4 Å². The first kappa shape index (κ1) is 26.0. The van der Waals surface area contributed by atoms with E-state index in [1.807, 2.05) is 27.7 Å². The number of phenols is 1. The van der Waals surface area contributed by atoms with E-state index >= 15 is 0 Å². The molecule has 0 saturated heterocycles. The average Bonchev–Trinajstić information content (AvgIpc) is 2.75. The number of ketones is 4. The predicted molar refractivity (Wildman–Crippen MR) is 134 cm³/mol. The minimum Gasteiger partial charge on any atom is -0.507 e. The van der Waals surface area contributed by atoms with E-state index in [0.29, 0.717) is 23.1 Å². The van der Waals surface area contributed by atoms with Crippen molar-refractivity contribution in [1.29, 1.82) is 0 Å². The van der Waals surface area contributed by atoms with Gasteiger partial charge in [-0.2, -0.15) is 0 Å². The van der Waals surface area contributed by atoms with Gasteiger partial charge in [0.1, 0.15) is 17.5 Å². The molecule has 2 N–H and O–H groups in total. The molecule has 0 bridgehead atoms. The van der Waals surface area contributed by atoms with Crippen LogP contribution in [0.1, 0.15) is 82.8 Å². The van der Waals surface area contributed by atoms with Gasteiger partial charge in [-0.05, 0) is 55.7 Å². The SMILES string of the molecule is CCC#Cc1ccc(O)c2c1C[C@@]1(C)C[C@@]3(C)C(C(C)C)=C(C)C(C(C)=O)C(=O)[C@@]3(O)C(=O)C1C2=O. The third-order valence-electron chi connectivity index (χ3n) is 8.71. The molecule has 0 aromatic heterocycles. The van der Waals surface area contributed by atoms with E-state index in [4.69, 9.17) is 0 Å². The highest BCUT2D eigenvalue weighted by atomic mass is 16.3. The van der Waals surface area contributed by atoms with Crippen molar-refractivity contribution >= 4 is 23.1 Å². The van der Waals surface area contributed by atoms with Crippen molar-refractivity contribution in [2.75, 3.05) is 0 Å². The second kappa shape index (κ2) is 8.24. The maximum atomic E-state index is 14.2. The topological polar surface area (TPSA) is 109 Å². The monoisotopic (exact) mass is 490 g/mol. The van der Waals surface area contributed by atoms with Gasteiger partial charge in [-0.1, -0.05) is 57.6 Å². The van der Waals surface area contributed by atoms with Crippen LogP contribution in [0.2, 0.25) is 0 Å². The Hall–Kier alpha value is -3.04. The summed E-state index contributed by atoms with van der Waals surface area (Å²) in [6.45, 7) is 12.4. The number of Topliss-reactive ketones (excluding diaryl/α,β-unsaturated/α-hetero) is 4. The zero-order chi connectivity index (χ0) is 27.0. The summed E-state index contributed by atoms with van der Waals surface area (Å²) in [4.78, 5) is 54.5. The summed E-state index contributed by atoms with van der Waals surface area (Å²) in [7, 11) is 0. The largest absolute Gasteiger partial charge is 0.507 e. The molecule has 1 aromatic rings. The zero-order valence-electron chi connectivity index (χ0n) is 22.0. The highest BCUT2D eigenvalue weighted by molar-refractivity contribution is 6.27. The van der Waals surface area contributed by atoms with Gasteiger partial charge >= 0.3 is 0 Å². The minimum absolute atomic E-state index is 0.0307. The molecule has 1 saturated carbocycles. The Labute approximate surface area is 212 Å². The fourth-order valence-corrected chi connectivity index (χ4v) is 7.64. The molecule has 4 rings (SSSR count). The van der Waals surface area contributed by atoms with Gasteiger partial charge in [0.05, 0.1) is 11.5 Å². The van der Waals surface area contributed by atoms with Crippen LogP contribution in [-0.4, -0.2) is 38.9 Å². The summed E-state index contributed by atoms with van der Waals surface area (Å²) < 4.78 is 0. The summed E-state index contributed by atoms with van der Waals surface area (Å²) in [6, 6.07) is 3.08. The molecule has 6 heteroatoms. The van der Waals surface area contributed by atoms with Crippen LogP contribution < -0.4 is 0 Å². The number of allylic oxidation sites excluding steroid dienone is 1.